The molecule has 1 heterocycles. The van der Waals surface area contributed by atoms with Gasteiger partial charge in [-0.2, -0.15) is 0 Å². The molecule has 0 saturated carbocycles. The van der Waals surface area contributed by atoms with E-state index in [0.717, 1.165) is 11.1 Å². The second-order valence-corrected chi connectivity index (χ2v) is 10.2. The summed E-state index contributed by atoms with van der Waals surface area (Å²) in [6.45, 7) is 0.339. The topological polar surface area (TPSA) is 77.4 Å². The van der Waals surface area contributed by atoms with Crippen LogP contribution in [0.1, 0.15) is 21.5 Å². The first kappa shape index (κ1) is 26.8. The highest BCUT2D eigenvalue weighted by atomic mass is 79.9. The van der Waals surface area contributed by atoms with E-state index in [1.54, 1.807) is 44.5 Å². The van der Waals surface area contributed by atoms with Crippen molar-refractivity contribution >= 4 is 68.1 Å². The van der Waals surface area contributed by atoms with Crippen LogP contribution in [0, 0.1) is 0 Å². The lowest BCUT2D eigenvalue weighted by atomic mass is 10.1. The third-order valence-electron chi connectivity index (χ3n) is 5.36. The van der Waals surface area contributed by atoms with E-state index >= 15 is 0 Å². The minimum Gasteiger partial charge on any atom is -0.493 e. The summed E-state index contributed by atoms with van der Waals surface area (Å²) < 4.78 is 17.0. The molecule has 3 aromatic rings. The summed E-state index contributed by atoms with van der Waals surface area (Å²) in [5, 5.41) is 1.19. The van der Waals surface area contributed by atoms with Gasteiger partial charge in [0, 0.05) is 12.1 Å². The van der Waals surface area contributed by atoms with Crippen molar-refractivity contribution < 1.29 is 23.8 Å². The third-order valence-corrected chi connectivity index (χ3v) is 7.26. The van der Waals surface area contributed by atoms with E-state index in [2.05, 4.69) is 20.9 Å². The Morgan fingerprint density at radius 2 is 1.81 bits per heavy atom. The number of aliphatic imine (C=N–C) groups is 1. The van der Waals surface area contributed by atoms with Crippen molar-refractivity contribution in [3.8, 4) is 11.5 Å². The van der Waals surface area contributed by atoms with Crippen LogP contribution >= 0.6 is 39.3 Å². The number of thioether (sulfide) groups is 1. The molecular formula is C27H22BrClN2O5S. The van der Waals surface area contributed by atoms with E-state index in [1.165, 1.54) is 23.8 Å². The SMILES string of the molecule is COC(=O)c1ccc(N=C2SC(=Cc3cc(Br)c(OCc4ccc(Cl)cc4)c(OC)c3)C(=O)N2C)cc1. The zero-order valence-electron chi connectivity index (χ0n) is 20.2. The number of hydrogen-bond donors (Lipinski definition) is 0. The minimum atomic E-state index is -0.421. The Kier molecular flexibility index (Phi) is 8.58. The molecule has 1 aliphatic rings. The quantitative estimate of drug-likeness (QED) is 0.221. The van der Waals surface area contributed by atoms with Gasteiger partial charge in [-0.15, -0.1) is 0 Å². The standard InChI is InChI=1S/C27H22BrClN2O5S/c1-31-25(32)23(37-27(31)30-20-10-6-18(7-11-20)26(33)35-3)14-17-12-21(28)24(22(13-17)34-2)36-15-16-4-8-19(29)9-5-16/h4-14H,15H2,1-3H3. The summed E-state index contributed by atoms with van der Waals surface area (Å²) >= 11 is 10.8. The number of hydrogen-bond acceptors (Lipinski definition) is 7. The lowest BCUT2D eigenvalue weighted by molar-refractivity contribution is -0.121. The van der Waals surface area contributed by atoms with Crippen LogP contribution in [0.3, 0.4) is 0 Å². The van der Waals surface area contributed by atoms with Crippen molar-refractivity contribution in [2.75, 3.05) is 21.3 Å². The smallest absolute Gasteiger partial charge is 0.337 e. The molecule has 1 saturated heterocycles. The minimum absolute atomic E-state index is 0.173. The van der Waals surface area contributed by atoms with E-state index in [-0.39, 0.29) is 5.91 Å². The van der Waals surface area contributed by atoms with Gasteiger partial charge in [-0.3, -0.25) is 9.69 Å². The number of benzene rings is 3. The molecule has 0 bridgehead atoms. The molecule has 0 aromatic heterocycles. The van der Waals surface area contributed by atoms with E-state index < -0.39 is 5.97 Å². The molecule has 0 spiro atoms. The van der Waals surface area contributed by atoms with Gasteiger partial charge >= 0.3 is 5.97 Å². The van der Waals surface area contributed by atoms with Gasteiger partial charge in [0.05, 0.1) is 34.8 Å². The van der Waals surface area contributed by atoms with E-state index in [0.29, 0.717) is 48.9 Å². The van der Waals surface area contributed by atoms with Gasteiger partial charge in [0.1, 0.15) is 6.61 Å². The maximum Gasteiger partial charge on any atom is 0.337 e. The average molecular weight is 602 g/mol. The Balaban J connectivity index is 1.54. The predicted molar refractivity (Wildman–Crippen MR) is 150 cm³/mol. The Hall–Kier alpha value is -3.27. The fourth-order valence-electron chi connectivity index (χ4n) is 3.40. The van der Waals surface area contributed by atoms with Crippen LogP contribution in [0.15, 0.2) is 75.0 Å². The Morgan fingerprint density at radius 3 is 2.46 bits per heavy atom. The van der Waals surface area contributed by atoms with Crippen molar-refractivity contribution in [1.82, 2.24) is 4.90 Å². The van der Waals surface area contributed by atoms with Gasteiger partial charge in [-0.05, 0) is 93.4 Å². The summed E-state index contributed by atoms with van der Waals surface area (Å²) in [6, 6.07) is 17.7. The fraction of sp³-hybridized carbons (Fsp3) is 0.148. The van der Waals surface area contributed by atoms with Crippen molar-refractivity contribution in [3.05, 3.63) is 91.8 Å². The largest absolute Gasteiger partial charge is 0.493 e. The maximum absolute atomic E-state index is 12.9. The van der Waals surface area contributed by atoms with Crippen LogP contribution in [0.2, 0.25) is 5.02 Å². The maximum atomic E-state index is 12.9. The predicted octanol–water partition coefficient (Wildman–Crippen LogP) is 6.71. The number of carbonyl (C=O) groups is 2. The number of likely N-dealkylation sites (N-methyl/N-ethyl adjacent to an activating group) is 1. The number of nitrogens with zero attached hydrogens (tertiary/aromatic N) is 2. The zero-order chi connectivity index (χ0) is 26.5. The van der Waals surface area contributed by atoms with E-state index in [4.69, 9.17) is 25.8 Å². The molecule has 7 nitrogen and oxygen atoms in total. The first-order valence-corrected chi connectivity index (χ1v) is 13.0. The van der Waals surface area contributed by atoms with Crippen LogP contribution in [0.5, 0.6) is 11.5 Å². The van der Waals surface area contributed by atoms with Gasteiger partial charge in [-0.1, -0.05) is 23.7 Å². The third kappa shape index (κ3) is 6.36. The molecule has 1 aliphatic heterocycles. The second kappa shape index (κ2) is 11.9. The molecular weight excluding hydrogens is 580 g/mol. The average Bonchev–Trinajstić information content (AvgIpc) is 3.16. The molecule has 1 amide bonds. The number of amides is 1. The van der Waals surface area contributed by atoms with Crippen molar-refractivity contribution in [3.63, 3.8) is 0 Å². The lowest BCUT2D eigenvalue weighted by Gasteiger charge is -2.14. The number of ether oxygens (including phenoxy) is 3. The van der Waals surface area contributed by atoms with Crippen molar-refractivity contribution in [1.29, 1.82) is 0 Å². The van der Waals surface area contributed by atoms with Crippen LogP contribution in [0.4, 0.5) is 5.69 Å². The first-order chi connectivity index (χ1) is 17.8. The Labute approximate surface area is 232 Å². The highest BCUT2D eigenvalue weighted by Crippen LogP contribution is 2.39. The monoisotopic (exact) mass is 600 g/mol. The number of methoxy groups -OCH3 is 2. The molecule has 0 aliphatic carbocycles. The molecule has 3 aromatic carbocycles. The number of esters is 1. The summed E-state index contributed by atoms with van der Waals surface area (Å²) in [6.07, 6.45) is 1.78. The second-order valence-electron chi connectivity index (χ2n) is 7.86. The number of rotatable bonds is 7. The van der Waals surface area contributed by atoms with Gasteiger partial charge in [-0.25, -0.2) is 9.79 Å². The summed E-state index contributed by atoms with van der Waals surface area (Å²) in [7, 11) is 4.56. The lowest BCUT2D eigenvalue weighted by Crippen LogP contribution is -2.23. The highest BCUT2D eigenvalue weighted by Gasteiger charge is 2.30. The molecule has 37 heavy (non-hydrogen) atoms. The van der Waals surface area contributed by atoms with Gasteiger partial charge < -0.3 is 14.2 Å². The van der Waals surface area contributed by atoms with Gasteiger partial charge in [0.2, 0.25) is 0 Å². The molecule has 1 fully saturated rings. The Morgan fingerprint density at radius 1 is 1.11 bits per heavy atom. The van der Waals surface area contributed by atoms with Crippen LogP contribution in [-0.2, 0) is 16.1 Å². The molecule has 0 atom stereocenters. The number of amidine groups is 1. The Bertz CT molecular complexity index is 1390. The number of halogens is 2. The zero-order valence-corrected chi connectivity index (χ0v) is 23.3. The van der Waals surface area contributed by atoms with Crippen LogP contribution in [0.25, 0.3) is 6.08 Å². The van der Waals surface area contributed by atoms with Crippen LogP contribution in [-0.4, -0.2) is 43.2 Å². The van der Waals surface area contributed by atoms with Crippen molar-refractivity contribution in [2.45, 2.75) is 6.61 Å². The summed E-state index contributed by atoms with van der Waals surface area (Å²) in [4.78, 5) is 31.1. The molecule has 190 valence electrons. The molecule has 0 unspecified atom stereocenters. The highest BCUT2D eigenvalue weighted by molar-refractivity contribution is 9.10. The molecule has 4 rings (SSSR count). The van der Waals surface area contributed by atoms with Gasteiger partial charge in [0.25, 0.3) is 5.91 Å². The van der Waals surface area contributed by atoms with E-state index in [1.807, 2.05) is 36.4 Å². The van der Waals surface area contributed by atoms with Crippen LogP contribution < -0.4 is 9.47 Å². The van der Waals surface area contributed by atoms with E-state index in [9.17, 15) is 9.59 Å². The molecule has 0 N–H and O–H groups in total. The van der Waals surface area contributed by atoms with Crippen molar-refractivity contribution in [2.24, 2.45) is 4.99 Å². The summed E-state index contributed by atoms with van der Waals surface area (Å²) in [5.74, 6) is 0.487. The normalized spacial score (nSPS) is 15.4. The number of carbonyl (C=O) groups excluding carboxylic acids is 2. The van der Waals surface area contributed by atoms with Gasteiger partial charge in [0.15, 0.2) is 16.7 Å². The summed E-state index contributed by atoms with van der Waals surface area (Å²) in [5.41, 5.74) is 2.76. The molecule has 10 heteroatoms. The first-order valence-electron chi connectivity index (χ1n) is 11.0. The molecule has 0 radical (unpaired) electrons. The fourth-order valence-corrected chi connectivity index (χ4v) is 5.09.